The number of nitrogens with one attached hydrogen (secondary N) is 1. The predicted molar refractivity (Wildman–Crippen MR) is 99.9 cm³/mol. The number of carbonyl (C=O) groups excluding carboxylic acids is 1. The number of hydrogen-bond acceptors (Lipinski definition) is 6. The maximum atomic E-state index is 12.9. The minimum absolute atomic E-state index is 0.0385. The highest BCUT2D eigenvalue weighted by molar-refractivity contribution is 7.89. The monoisotopic (exact) mass is 446 g/mol. The molecule has 0 spiro atoms. The molecule has 0 atom stereocenters. The van der Waals surface area contributed by atoms with E-state index in [-0.39, 0.29) is 45.0 Å². The first-order chi connectivity index (χ1) is 14.1. The van der Waals surface area contributed by atoms with Crippen molar-refractivity contribution in [1.82, 2.24) is 14.7 Å². The molecular formula is C18H21F3N4O4S. The van der Waals surface area contributed by atoms with Crippen molar-refractivity contribution >= 4 is 15.9 Å². The fourth-order valence-electron chi connectivity index (χ4n) is 2.59. The Morgan fingerprint density at radius 2 is 2.13 bits per heavy atom. The summed E-state index contributed by atoms with van der Waals surface area (Å²) < 4.78 is 64.9. The minimum Gasteiger partial charge on any atom is -0.343 e. The maximum absolute atomic E-state index is 12.9. The van der Waals surface area contributed by atoms with Crippen molar-refractivity contribution in [2.75, 3.05) is 33.3 Å². The van der Waals surface area contributed by atoms with Gasteiger partial charge in [0, 0.05) is 38.8 Å². The van der Waals surface area contributed by atoms with Gasteiger partial charge in [0.2, 0.25) is 10.0 Å². The predicted octanol–water partition coefficient (Wildman–Crippen LogP) is 1.88. The molecule has 30 heavy (non-hydrogen) atoms. The van der Waals surface area contributed by atoms with Crippen LogP contribution in [0, 0.1) is 11.3 Å². The molecule has 12 heteroatoms. The molecule has 0 radical (unpaired) electrons. The number of alkyl halides is 3. The molecule has 0 unspecified atom stereocenters. The molecule has 0 fully saturated rings. The molecular weight excluding hydrogens is 425 g/mol. The molecule has 1 aliphatic rings. The van der Waals surface area contributed by atoms with E-state index in [2.05, 4.69) is 5.48 Å². The first-order valence-electron chi connectivity index (χ1n) is 8.91. The third kappa shape index (κ3) is 6.19. The Labute approximate surface area is 172 Å². The van der Waals surface area contributed by atoms with Crippen LogP contribution in [0.1, 0.15) is 18.4 Å². The second-order valence-electron chi connectivity index (χ2n) is 6.48. The topological polar surface area (TPSA) is 103 Å². The van der Waals surface area contributed by atoms with Gasteiger partial charge in [-0.15, -0.1) is 0 Å². The lowest BCUT2D eigenvalue weighted by atomic mass is 10.2. The van der Waals surface area contributed by atoms with Crippen LogP contribution in [0.15, 0.2) is 40.9 Å². The van der Waals surface area contributed by atoms with Gasteiger partial charge in [-0.25, -0.2) is 8.42 Å². The normalized spacial score (nSPS) is 15.2. The van der Waals surface area contributed by atoms with E-state index in [0.29, 0.717) is 11.8 Å². The summed E-state index contributed by atoms with van der Waals surface area (Å²) in [5, 5.41) is 8.51. The molecule has 8 nitrogen and oxygen atoms in total. The Hall–Kier alpha value is -2.62. The number of hydroxylamine groups is 1. The van der Waals surface area contributed by atoms with Crippen LogP contribution in [-0.2, 0) is 25.8 Å². The molecule has 2 rings (SSSR count). The molecule has 1 aliphatic heterocycles. The standard InChI is InChI=1S/C18H21F3N4O4S/c1-24(9-3-8-22)17(26)13-29-23-15-6-10-25(11-7-15)30(27,28)16-5-2-4-14(12-16)18(19,20)21/h2,4-6,12,23H,3,7,9-11,13H2,1H3. The SMILES string of the molecule is CN(CCC#N)C(=O)CONC1=CCN(S(=O)(=O)c2cccc(C(F)(F)F)c2)CC1. The molecule has 0 aliphatic carbocycles. The summed E-state index contributed by atoms with van der Waals surface area (Å²) >= 11 is 0. The third-order valence-corrected chi connectivity index (χ3v) is 6.22. The summed E-state index contributed by atoms with van der Waals surface area (Å²) in [6, 6.07) is 5.54. The summed E-state index contributed by atoms with van der Waals surface area (Å²) in [4.78, 5) is 17.8. The summed E-state index contributed by atoms with van der Waals surface area (Å²) in [5.74, 6) is -0.331. The second kappa shape index (κ2) is 9.92. The Balaban J connectivity index is 1.92. The van der Waals surface area contributed by atoms with E-state index in [0.717, 1.165) is 22.5 Å². The number of hydrogen-bond donors (Lipinski definition) is 1. The zero-order valence-electron chi connectivity index (χ0n) is 16.1. The van der Waals surface area contributed by atoms with Crippen LogP contribution in [-0.4, -0.2) is 56.8 Å². The molecule has 1 aromatic rings. The highest BCUT2D eigenvalue weighted by atomic mass is 32.2. The number of carbonyl (C=O) groups is 1. The van der Waals surface area contributed by atoms with Crippen LogP contribution < -0.4 is 5.48 Å². The molecule has 0 aromatic heterocycles. The fourth-order valence-corrected chi connectivity index (χ4v) is 4.01. The van der Waals surface area contributed by atoms with Gasteiger partial charge in [0.1, 0.15) is 0 Å². The summed E-state index contributed by atoms with van der Waals surface area (Å²) in [7, 11) is -2.55. The van der Waals surface area contributed by atoms with Gasteiger partial charge >= 0.3 is 6.18 Å². The largest absolute Gasteiger partial charge is 0.416 e. The fraction of sp³-hybridized carbons (Fsp3) is 0.444. The van der Waals surface area contributed by atoms with Crippen LogP contribution in [0.5, 0.6) is 0 Å². The van der Waals surface area contributed by atoms with Gasteiger partial charge in [0.05, 0.1) is 22.9 Å². The van der Waals surface area contributed by atoms with Crippen molar-refractivity contribution in [3.63, 3.8) is 0 Å². The van der Waals surface area contributed by atoms with E-state index in [9.17, 15) is 26.4 Å². The Morgan fingerprint density at radius 1 is 1.40 bits per heavy atom. The summed E-state index contributed by atoms with van der Waals surface area (Å²) in [5.41, 5.74) is 2.11. The molecule has 1 amide bonds. The highest BCUT2D eigenvalue weighted by Gasteiger charge is 2.33. The first kappa shape index (κ1) is 23.7. The van der Waals surface area contributed by atoms with Crippen LogP contribution >= 0.6 is 0 Å². The number of benzene rings is 1. The van der Waals surface area contributed by atoms with Crippen molar-refractivity contribution < 1.29 is 31.2 Å². The van der Waals surface area contributed by atoms with Gasteiger partial charge < -0.3 is 4.90 Å². The van der Waals surface area contributed by atoms with E-state index in [4.69, 9.17) is 10.1 Å². The summed E-state index contributed by atoms with van der Waals surface area (Å²) in [6.45, 7) is -0.00759. The summed E-state index contributed by atoms with van der Waals surface area (Å²) in [6.07, 6.45) is -2.67. The van der Waals surface area contributed by atoms with E-state index >= 15 is 0 Å². The maximum Gasteiger partial charge on any atom is 0.416 e. The molecule has 1 aromatic carbocycles. The molecule has 0 saturated carbocycles. The van der Waals surface area contributed by atoms with Crippen molar-refractivity contribution in [2.45, 2.75) is 23.9 Å². The number of rotatable bonds is 8. The lowest BCUT2D eigenvalue weighted by molar-refractivity contribution is -0.138. The first-order valence-corrected chi connectivity index (χ1v) is 10.3. The second-order valence-corrected chi connectivity index (χ2v) is 8.42. The average molecular weight is 446 g/mol. The number of halogens is 3. The zero-order chi connectivity index (χ0) is 22.4. The van der Waals surface area contributed by atoms with E-state index in [1.165, 1.54) is 11.0 Å². The number of amides is 1. The number of nitriles is 1. The Kier molecular flexibility index (Phi) is 7.83. The Morgan fingerprint density at radius 3 is 2.73 bits per heavy atom. The van der Waals surface area contributed by atoms with Gasteiger partial charge in [0.15, 0.2) is 6.61 Å². The molecule has 1 heterocycles. The lowest BCUT2D eigenvalue weighted by Crippen LogP contribution is -2.38. The van der Waals surface area contributed by atoms with Gasteiger partial charge in [-0.05, 0) is 24.3 Å². The zero-order valence-corrected chi connectivity index (χ0v) is 17.0. The minimum atomic E-state index is -4.64. The third-order valence-electron chi connectivity index (χ3n) is 4.35. The quantitative estimate of drug-likeness (QED) is 0.612. The van der Waals surface area contributed by atoms with E-state index in [1.54, 1.807) is 7.05 Å². The van der Waals surface area contributed by atoms with Crippen LogP contribution in [0.25, 0.3) is 0 Å². The van der Waals surface area contributed by atoms with Crippen molar-refractivity contribution in [1.29, 1.82) is 5.26 Å². The average Bonchev–Trinajstić information content (AvgIpc) is 2.71. The van der Waals surface area contributed by atoms with Gasteiger partial charge in [-0.1, -0.05) is 6.07 Å². The van der Waals surface area contributed by atoms with Gasteiger partial charge in [-0.3, -0.25) is 15.1 Å². The van der Waals surface area contributed by atoms with E-state index in [1.807, 2.05) is 6.07 Å². The number of likely N-dealkylation sites (N-methyl/N-ethyl adjacent to an activating group) is 1. The highest BCUT2D eigenvalue weighted by Crippen LogP contribution is 2.31. The number of sulfonamides is 1. The van der Waals surface area contributed by atoms with Crippen LogP contribution in [0.4, 0.5) is 13.2 Å². The van der Waals surface area contributed by atoms with Crippen LogP contribution in [0.3, 0.4) is 0 Å². The smallest absolute Gasteiger partial charge is 0.343 e. The van der Waals surface area contributed by atoms with Crippen molar-refractivity contribution in [2.24, 2.45) is 0 Å². The Bertz CT molecular complexity index is 941. The van der Waals surface area contributed by atoms with Crippen molar-refractivity contribution in [3.8, 4) is 6.07 Å². The molecule has 0 bridgehead atoms. The molecule has 0 saturated heterocycles. The molecule has 1 N–H and O–H groups in total. The van der Waals surface area contributed by atoms with Gasteiger partial charge in [0.25, 0.3) is 5.91 Å². The van der Waals surface area contributed by atoms with Gasteiger partial charge in [-0.2, -0.15) is 22.7 Å². The lowest BCUT2D eigenvalue weighted by Gasteiger charge is -2.26. The van der Waals surface area contributed by atoms with E-state index < -0.39 is 26.7 Å². The van der Waals surface area contributed by atoms with Crippen molar-refractivity contribution in [3.05, 3.63) is 41.6 Å². The van der Waals surface area contributed by atoms with Crippen LogP contribution in [0.2, 0.25) is 0 Å². The molecule has 164 valence electrons. The number of nitrogens with zero attached hydrogens (tertiary/aromatic N) is 3.